The predicted octanol–water partition coefficient (Wildman–Crippen LogP) is 3.10. The van der Waals surface area contributed by atoms with Gasteiger partial charge in [-0.25, -0.2) is 0 Å². The molecule has 0 fully saturated rings. The standard InChI is InChI=1S/C13H19NO4S/c1-9(2)18-11-5-4-6-12(13(11)14(16)17)19-8-10(3)7-15/h4-6,9-10,15H,7-8H2,1-3H3. The van der Waals surface area contributed by atoms with Crippen LogP contribution in [0.3, 0.4) is 0 Å². The lowest BCUT2D eigenvalue weighted by Crippen LogP contribution is -2.08. The number of nitrogens with zero attached hydrogens (tertiary/aromatic N) is 1. The Morgan fingerprint density at radius 3 is 2.63 bits per heavy atom. The summed E-state index contributed by atoms with van der Waals surface area (Å²) < 4.78 is 5.48. The zero-order valence-corrected chi connectivity index (χ0v) is 12.1. The number of aliphatic hydroxyl groups is 1. The molecule has 0 aromatic heterocycles. The molecule has 1 N–H and O–H groups in total. The molecule has 0 radical (unpaired) electrons. The first kappa shape index (κ1) is 15.8. The average molecular weight is 285 g/mol. The highest BCUT2D eigenvalue weighted by Gasteiger charge is 2.22. The molecule has 106 valence electrons. The fourth-order valence-corrected chi connectivity index (χ4v) is 2.49. The van der Waals surface area contributed by atoms with Crippen molar-refractivity contribution >= 4 is 17.4 Å². The van der Waals surface area contributed by atoms with Crippen molar-refractivity contribution in [3.05, 3.63) is 28.3 Å². The highest BCUT2D eigenvalue weighted by molar-refractivity contribution is 7.99. The maximum Gasteiger partial charge on any atom is 0.324 e. The summed E-state index contributed by atoms with van der Waals surface area (Å²) in [6.07, 6.45) is -0.115. The Labute approximate surface area is 117 Å². The zero-order chi connectivity index (χ0) is 14.4. The summed E-state index contributed by atoms with van der Waals surface area (Å²) in [6.45, 7) is 5.63. The van der Waals surface area contributed by atoms with Crippen LogP contribution in [0.5, 0.6) is 5.75 Å². The van der Waals surface area contributed by atoms with Crippen molar-refractivity contribution in [3.8, 4) is 5.75 Å². The first-order valence-electron chi connectivity index (χ1n) is 6.13. The third-order valence-electron chi connectivity index (χ3n) is 2.34. The number of nitro groups is 1. The molecule has 1 rings (SSSR count). The predicted molar refractivity (Wildman–Crippen MR) is 75.8 cm³/mol. The van der Waals surface area contributed by atoms with Crippen LogP contribution >= 0.6 is 11.8 Å². The Kier molecular flexibility index (Phi) is 6.11. The fraction of sp³-hybridized carbons (Fsp3) is 0.538. The third kappa shape index (κ3) is 4.72. The van der Waals surface area contributed by atoms with Gasteiger partial charge in [0, 0.05) is 12.4 Å². The summed E-state index contributed by atoms with van der Waals surface area (Å²) in [5, 5.41) is 20.2. The second-order valence-corrected chi connectivity index (χ2v) is 5.69. The van der Waals surface area contributed by atoms with Crippen molar-refractivity contribution in [2.75, 3.05) is 12.4 Å². The maximum atomic E-state index is 11.2. The molecule has 19 heavy (non-hydrogen) atoms. The van der Waals surface area contributed by atoms with Gasteiger partial charge in [0.05, 0.1) is 15.9 Å². The van der Waals surface area contributed by atoms with Crippen LogP contribution in [0.4, 0.5) is 5.69 Å². The Bertz CT molecular complexity index is 437. The second kappa shape index (κ2) is 7.35. The first-order chi connectivity index (χ1) is 8.95. The van der Waals surface area contributed by atoms with E-state index in [1.807, 2.05) is 20.8 Å². The van der Waals surface area contributed by atoms with Gasteiger partial charge in [0.2, 0.25) is 0 Å². The molecule has 1 aromatic carbocycles. The molecule has 1 atom stereocenters. The Hall–Kier alpha value is -1.27. The van der Waals surface area contributed by atoms with Crippen molar-refractivity contribution in [3.63, 3.8) is 0 Å². The lowest BCUT2D eigenvalue weighted by atomic mass is 10.2. The van der Waals surface area contributed by atoms with E-state index >= 15 is 0 Å². The second-order valence-electron chi connectivity index (χ2n) is 4.63. The van der Waals surface area contributed by atoms with Gasteiger partial charge in [-0.1, -0.05) is 13.0 Å². The van der Waals surface area contributed by atoms with Crippen LogP contribution in [0, 0.1) is 16.0 Å². The van der Waals surface area contributed by atoms with Crippen LogP contribution in [0.15, 0.2) is 23.1 Å². The molecular weight excluding hydrogens is 266 g/mol. The number of hydrogen-bond acceptors (Lipinski definition) is 5. The van der Waals surface area contributed by atoms with Gasteiger partial charge in [-0.15, -0.1) is 11.8 Å². The minimum atomic E-state index is -0.413. The number of aliphatic hydroxyl groups excluding tert-OH is 1. The molecule has 0 aliphatic rings. The van der Waals surface area contributed by atoms with E-state index in [4.69, 9.17) is 9.84 Å². The van der Waals surface area contributed by atoms with Crippen molar-refractivity contribution in [2.45, 2.75) is 31.8 Å². The van der Waals surface area contributed by atoms with E-state index in [2.05, 4.69) is 0 Å². The number of ether oxygens (including phenoxy) is 1. The number of thioether (sulfide) groups is 1. The van der Waals surface area contributed by atoms with Crippen LogP contribution in [0.1, 0.15) is 20.8 Å². The lowest BCUT2D eigenvalue weighted by Gasteiger charge is -2.12. The van der Waals surface area contributed by atoms with Gasteiger partial charge < -0.3 is 9.84 Å². The minimum absolute atomic E-state index is 0.00587. The first-order valence-corrected chi connectivity index (χ1v) is 7.12. The molecule has 0 heterocycles. The molecule has 0 aliphatic carbocycles. The highest BCUT2D eigenvalue weighted by atomic mass is 32.2. The van der Waals surface area contributed by atoms with Gasteiger partial charge in [0.25, 0.3) is 0 Å². The summed E-state index contributed by atoms with van der Waals surface area (Å²) >= 11 is 1.37. The van der Waals surface area contributed by atoms with Crippen molar-refractivity contribution in [1.29, 1.82) is 0 Å². The van der Waals surface area contributed by atoms with Gasteiger partial charge in [-0.3, -0.25) is 10.1 Å². The average Bonchev–Trinajstić information content (AvgIpc) is 2.34. The van der Waals surface area contributed by atoms with Gasteiger partial charge >= 0.3 is 5.69 Å². The minimum Gasteiger partial charge on any atom is -0.484 e. The van der Waals surface area contributed by atoms with Crippen molar-refractivity contribution in [2.24, 2.45) is 5.92 Å². The summed E-state index contributed by atoms with van der Waals surface area (Å²) in [5.74, 6) is 1.02. The molecule has 6 heteroatoms. The molecule has 1 unspecified atom stereocenters. The van der Waals surface area contributed by atoms with Crippen molar-refractivity contribution < 1.29 is 14.8 Å². The quantitative estimate of drug-likeness (QED) is 0.473. The number of rotatable bonds is 7. The van der Waals surface area contributed by atoms with Crippen molar-refractivity contribution in [1.82, 2.24) is 0 Å². The van der Waals surface area contributed by atoms with Gasteiger partial charge in [0.1, 0.15) is 0 Å². The number of nitro benzene ring substituents is 1. The lowest BCUT2D eigenvalue weighted by molar-refractivity contribution is -0.388. The van der Waals surface area contributed by atoms with E-state index in [0.717, 1.165) is 0 Å². The van der Waals surface area contributed by atoms with Gasteiger partial charge in [-0.2, -0.15) is 0 Å². The smallest absolute Gasteiger partial charge is 0.324 e. The fourth-order valence-electron chi connectivity index (χ4n) is 1.43. The Balaban J connectivity index is 2.99. The summed E-state index contributed by atoms with van der Waals surface area (Å²) in [7, 11) is 0. The van der Waals surface area contributed by atoms with Gasteiger partial charge in [-0.05, 0) is 31.9 Å². The molecule has 0 aliphatic heterocycles. The molecule has 0 spiro atoms. The van der Waals surface area contributed by atoms with Crippen LogP contribution in [0.25, 0.3) is 0 Å². The molecule has 0 bridgehead atoms. The van der Waals surface area contributed by atoms with Crippen LogP contribution in [-0.4, -0.2) is 28.5 Å². The molecule has 0 amide bonds. The van der Waals surface area contributed by atoms with Crippen LogP contribution in [-0.2, 0) is 0 Å². The molecule has 0 saturated carbocycles. The molecular formula is C13H19NO4S. The monoisotopic (exact) mass is 285 g/mol. The normalized spacial score (nSPS) is 12.5. The largest absolute Gasteiger partial charge is 0.484 e. The summed E-state index contributed by atoms with van der Waals surface area (Å²) in [6, 6.07) is 5.06. The Morgan fingerprint density at radius 2 is 2.11 bits per heavy atom. The topological polar surface area (TPSA) is 72.6 Å². The van der Waals surface area contributed by atoms with Gasteiger partial charge in [0.15, 0.2) is 5.75 Å². The van der Waals surface area contributed by atoms with E-state index in [0.29, 0.717) is 16.4 Å². The van der Waals surface area contributed by atoms with E-state index < -0.39 is 4.92 Å². The van der Waals surface area contributed by atoms with E-state index in [1.54, 1.807) is 18.2 Å². The Morgan fingerprint density at radius 1 is 1.42 bits per heavy atom. The number of benzene rings is 1. The SMILES string of the molecule is CC(CO)CSc1cccc(OC(C)C)c1[N+](=O)[O-]. The van der Waals surface area contributed by atoms with Crippen LogP contribution < -0.4 is 4.74 Å². The third-order valence-corrected chi connectivity index (χ3v) is 3.72. The van der Waals surface area contributed by atoms with Crippen LogP contribution in [0.2, 0.25) is 0 Å². The van der Waals surface area contributed by atoms with E-state index in [-0.39, 0.29) is 24.3 Å². The van der Waals surface area contributed by atoms with E-state index in [9.17, 15) is 10.1 Å². The number of para-hydroxylation sites is 1. The molecule has 0 saturated heterocycles. The van der Waals surface area contributed by atoms with E-state index in [1.165, 1.54) is 11.8 Å². The molecule has 5 nitrogen and oxygen atoms in total. The maximum absolute atomic E-state index is 11.2. The number of hydrogen-bond donors (Lipinski definition) is 1. The highest BCUT2D eigenvalue weighted by Crippen LogP contribution is 2.38. The zero-order valence-electron chi connectivity index (χ0n) is 11.3. The summed E-state index contributed by atoms with van der Waals surface area (Å²) in [5.41, 5.74) is 0.00587. The summed E-state index contributed by atoms with van der Waals surface area (Å²) in [4.78, 5) is 11.4. The molecule has 1 aromatic rings.